The second kappa shape index (κ2) is 9.15. The zero-order valence-corrected chi connectivity index (χ0v) is 20.1. The Kier molecular flexibility index (Phi) is 6.42. The number of benzene rings is 1. The van der Waals surface area contributed by atoms with Gasteiger partial charge in [-0.15, -0.1) is 28.6 Å². The van der Waals surface area contributed by atoms with Crippen molar-refractivity contribution in [2.75, 3.05) is 12.0 Å². The van der Waals surface area contributed by atoms with Crippen molar-refractivity contribution in [3.8, 4) is 0 Å². The number of hydrogen-bond acceptors (Lipinski definition) is 11. The minimum absolute atomic E-state index is 0.155. The van der Waals surface area contributed by atoms with E-state index in [2.05, 4.69) is 26.0 Å². The second-order valence-electron chi connectivity index (χ2n) is 7.22. The Morgan fingerprint density at radius 2 is 2.09 bits per heavy atom. The fourth-order valence-corrected chi connectivity index (χ4v) is 5.94. The summed E-state index contributed by atoms with van der Waals surface area (Å²) in [6.07, 6.45) is 1.90. The molecule has 0 radical (unpaired) electrons. The summed E-state index contributed by atoms with van der Waals surface area (Å²) in [6.45, 7) is 0. The molecule has 0 aliphatic carbocycles. The minimum Gasteiger partial charge on any atom is -0.477 e. The molecule has 1 unspecified atom stereocenters. The molecular weight excluding hydrogens is 502 g/mol. The van der Waals surface area contributed by atoms with E-state index in [1.54, 1.807) is 31.3 Å². The summed E-state index contributed by atoms with van der Waals surface area (Å²) >= 11 is 7.81. The Hall–Kier alpha value is -3.30. The molecule has 4 rings (SSSR count). The van der Waals surface area contributed by atoms with Crippen LogP contribution in [-0.2, 0) is 21.4 Å². The van der Waals surface area contributed by atoms with E-state index >= 15 is 0 Å². The van der Waals surface area contributed by atoms with Crippen LogP contribution in [0.15, 0.2) is 40.0 Å². The van der Waals surface area contributed by atoms with Crippen molar-refractivity contribution in [3.05, 3.63) is 41.4 Å². The van der Waals surface area contributed by atoms with Crippen LogP contribution in [0, 0.1) is 0 Å². The number of thiocarbonyl (C=S) groups is 1. The van der Waals surface area contributed by atoms with E-state index in [4.69, 9.17) is 12.2 Å². The monoisotopic (exact) mass is 519 g/mol. The van der Waals surface area contributed by atoms with Gasteiger partial charge in [-0.1, -0.05) is 29.5 Å². The van der Waals surface area contributed by atoms with Crippen LogP contribution in [0.4, 0.5) is 0 Å². The van der Waals surface area contributed by atoms with Crippen molar-refractivity contribution in [3.63, 3.8) is 0 Å². The molecule has 176 valence electrons. The fraction of sp³-hybridized carbons (Fsp3) is 0.263. The molecule has 0 spiro atoms. The van der Waals surface area contributed by atoms with Crippen LogP contribution in [0.3, 0.4) is 0 Å². The lowest BCUT2D eigenvalue weighted by molar-refractivity contribution is -0.153. The quantitative estimate of drug-likeness (QED) is 0.116. The van der Waals surface area contributed by atoms with Gasteiger partial charge in [0.2, 0.25) is 0 Å². The predicted octanol–water partition coefficient (Wildman–Crippen LogP) is 0.376. The molecule has 2 aromatic rings. The van der Waals surface area contributed by atoms with Crippen LogP contribution in [-0.4, -0.2) is 87.2 Å². The van der Waals surface area contributed by atoms with E-state index in [1.165, 1.54) is 28.2 Å². The number of aryl methyl sites for hydroxylation is 1. The first kappa shape index (κ1) is 23.8. The molecule has 2 atom stereocenters. The van der Waals surface area contributed by atoms with Gasteiger partial charge >= 0.3 is 5.97 Å². The van der Waals surface area contributed by atoms with Gasteiger partial charge in [-0.05, 0) is 28.8 Å². The van der Waals surface area contributed by atoms with Crippen LogP contribution in [0.5, 0.6) is 0 Å². The van der Waals surface area contributed by atoms with Crippen LogP contribution in [0.2, 0.25) is 0 Å². The number of hydrogen-bond donors (Lipinski definition) is 3. The third-order valence-corrected chi connectivity index (χ3v) is 7.86. The Bertz CT molecular complexity index is 1260. The normalized spacial score (nSPS) is 22.2. The number of oxime groups is 1. The number of amides is 2. The van der Waals surface area contributed by atoms with Gasteiger partial charge in [-0.2, -0.15) is 0 Å². The molecule has 15 heteroatoms. The predicted molar refractivity (Wildman–Crippen MR) is 128 cm³/mol. The number of carboxylic acids is 1. The number of aromatic nitrogens is 4. The van der Waals surface area contributed by atoms with Crippen LogP contribution < -0.4 is 5.32 Å². The zero-order chi connectivity index (χ0) is 24.6. The smallest absolute Gasteiger partial charge is 0.353 e. The number of β-lactam (4-membered cyclic amide) rings is 1. The number of carbonyl (C=O) groups is 3. The second-order valence-corrected chi connectivity index (χ2v) is 9.40. The Morgan fingerprint density at radius 3 is 2.62 bits per heavy atom. The molecule has 2 amide bonds. The van der Waals surface area contributed by atoms with E-state index in [1.807, 2.05) is 6.26 Å². The lowest BCUT2D eigenvalue weighted by Gasteiger charge is -2.55. The van der Waals surface area contributed by atoms with Crippen LogP contribution in [0.25, 0.3) is 5.57 Å². The molecule has 1 fully saturated rings. The van der Waals surface area contributed by atoms with Crippen molar-refractivity contribution < 1.29 is 24.7 Å². The van der Waals surface area contributed by atoms with Gasteiger partial charge in [-0.25, -0.2) is 9.48 Å². The minimum atomic E-state index is -1.67. The lowest BCUT2D eigenvalue weighted by Crippen LogP contribution is -2.80. The SMILES string of the molecule is CSc1ccc(C(=NO)C(=O)NC2(C=S)C(=O)N3C(C(=O)O)=C(c4nnnn4C)CS[C@H]32)cc1. The first-order valence-corrected chi connectivity index (χ1v) is 12.3. The van der Waals surface area contributed by atoms with Gasteiger partial charge in [0.05, 0.1) is 0 Å². The van der Waals surface area contributed by atoms with E-state index in [-0.39, 0.29) is 28.6 Å². The number of nitrogens with one attached hydrogen (secondary N) is 1. The summed E-state index contributed by atoms with van der Waals surface area (Å²) in [6, 6.07) is 6.74. The summed E-state index contributed by atoms with van der Waals surface area (Å²) in [4.78, 5) is 40.4. The van der Waals surface area contributed by atoms with E-state index in [0.29, 0.717) is 5.56 Å². The molecule has 1 aromatic carbocycles. The van der Waals surface area contributed by atoms with Gasteiger partial charge in [-0.3, -0.25) is 14.5 Å². The highest BCUT2D eigenvalue weighted by molar-refractivity contribution is 8.00. The Balaban J connectivity index is 1.65. The van der Waals surface area contributed by atoms with Gasteiger partial charge in [0.15, 0.2) is 17.1 Å². The number of fused-ring (bicyclic) bond motifs is 1. The summed E-state index contributed by atoms with van der Waals surface area (Å²) in [5.41, 5.74) is -1.66. The number of rotatable bonds is 7. The molecule has 0 saturated carbocycles. The average Bonchev–Trinajstić information content (AvgIpc) is 3.27. The van der Waals surface area contributed by atoms with Crippen LogP contribution in [0.1, 0.15) is 11.4 Å². The van der Waals surface area contributed by atoms with Gasteiger partial charge in [0.1, 0.15) is 11.1 Å². The molecule has 1 saturated heterocycles. The van der Waals surface area contributed by atoms with E-state index in [9.17, 15) is 24.7 Å². The number of carbonyl (C=O) groups excluding carboxylic acids is 2. The molecule has 1 aromatic heterocycles. The highest BCUT2D eigenvalue weighted by atomic mass is 32.2. The maximum absolute atomic E-state index is 13.3. The molecule has 12 nitrogen and oxygen atoms in total. The molecule has 34 heavy (non-hydrogen) atoms. The lowest BCUT2D eigenvalue weighted by atomic mass is 9.87. The summed E-state index contributed by atoms with van der Waals surface area (Å²) in [5, 5.41) is 36.4. The highest BCUT2D eigenvalue weighted by Gasteiger charge is 2.65. The van der Waals surface area contributed by atoms with Crippen molar-refractivity contribution in [2.45, 2.75) is 15.8 Å². The van der Waals surface area contributed by atoms with E-state index < -0.39 is 28.7 Å². The number of carboxylic acid groups (broad SMARTS) is 1. The van der Waals surface area contributed by atoms with Crippen molar-refractivity contribution in [1.82, 2.24) is 30.4 Å². The third-order valence-electron chi connectivity index (χ3n) is 5.39. The topological polar surface area (TPSA) is 163 Å². The Labute approximate surface area is 206 Å². The molecule has 3 heterocycles. The van der Waals surface area contributed by atoms with E-state index in [0.717, 1.165) is 15.2 Å². The first-order valence-electron chi connectivity index (χ1n) is 9.58. The number of aliphatic carboxylic acids is 1. The van der Waals surface area contributed by atoms with Crippen molar-refractivity contribution >= 4 is 70.2 Å². The first-order chi connectivity index (χ1) is 16.3. The largest absolute Gasteiger partial charge is 0.477 e. The van der Waals surface area contributed by atoms with Crippen LogP contribution >= 0.6 is 35.7 Å². The maximum atomic E-state index is 13.3. The summed E-state index contributed by atoms with van der Waals surface area (Å²) in [7, 11) is 1.56. The van der Waals surface area contributed by atoms with Gasteiger partial charge < -0.3 is 15.6 Å². The molecule has 2 aliphatic rings. The Morgan fingerprint density at radius 1 is 1.38 bits per heavy atom. The molecular formula is C19H17N7O5S3. The van der Waals surface area contributed by atoms with Crippen molar-refractivity contribution in [2.24, 2.45) is 12.2 Å². The number of nitrogens with zero attached hydrogens (tertiary/aromatic N) is 6. The van der Waals surface area contributed by atoms with Gasteiger partial charge in [0.25, 0.3) is 11.8 Å². The number of thioether (sulfide) groups is 2. The molecule has 3 N–H and O–H groups in total. The van der Waals surface area contributed by atoms with Gasteiger partial charge in [0, 0.05) is 34.2 Å². The fourth-order valence-electron chi connectivity index (χ4n) is 3.72. The highest BCUT2D eigenvalue weighted by Crippen LogP contribution is 2.47. The average molecular weight is 520 g/mol. The summed E-state index contributed by atoms with van der Waals surface area (Å²) in [5.74, 6) is -2.54. The number of tetrazole rings is 1. The maximum Gasteiger partial charge on any atom is 0.353 e. The standard InChI is InChI=1S/C19H17N7O5S3/c1-25-14(21-23-24-25)11-7-34-18-19(8-32,17(30)26(18)13(11)16(28)29)20-15(27)12(22-31)9-3-5-10(33-2)6-4-9/h3-6,8,18,31H,7H2,1-2H3,(H,20,27)(H,28,29)/t18-,19?/m0/s1. The zero-order valence-electron chi connectivity index (χ0n) is 17.7. The summed E-state index contributed by atoms with van der Waals surface area (Å²) < 4.78 is 1.31. The molecule has 0 bridgehead atoms. The third kappa shape index (κ3) is 3.65. The van der Waals surface area contributed by atoms with Crippen molar-refractivity contribution in [1.29, 1.82) is 0 Å². The molecule has 2 aliphatic heterocycles.